The van der Waals surface area contributed by atoms with E-state index in [1.165, 1.54) is 4.90 Å². The van der Waals surface area contributed by atoms with Crippen molar-refractivity contribution in [1.82, 2.24) is 10.2 Å². The number of benzene rings is 2. The third-order valence-electron chi connectivity index (χ3n) is 3.38. The van der Waals surface area contributed by atoms with Crippen LogP contribution in [0.2, 0.25) is 10.0 Å². The van der Waals surface area contributed by atoms with Gasteiger partial charge in [-0.3, -0.25) is 9.59 Å². The largest absolute Gasteiger partial charge is 0.347 e. The summed E-state index contributed by atoms with van der Waals surface area (Å²) in [6.45, 7) is -0.0249. The van der Waals surface area contributed by atoms with Gasteiger partial charge in [0.1, 0.15) is 0 Å². The number of hydrogen-bond donors (Lipinski definition) is 1. The third-order valence-corrected chi connectivity index (χ3v) is 5.18. The first kappa shape index (κ1) is 19.6. The summed E-state index contributed by atoms with van der Waals surface area (Å²) in [6, 6.07) is 12.6. The Morgan fingerprint density at radius 2 is 1.88 bits per heavy atom. The summed E-state index contributed by atoms with van der Waals surface area (Å²) < 4.78 is 0. The molecule has 4 nitrogen and oxygen atoms in total. The fourth-order valence-corrected chi connectivity index (χ4v) is 3.40. The Hall–Kier alpha value is -1.69. The Bertz CT molecular complexity index is 781. The van der Waals surface area contributed by atoms with Gasteiger partial charge in [0.05, 0.1) is 11.6 Å². The van der Waals surface area contributed by atoms with Crippen molar-refractivity contribution in [3.05, 3.63) is 63.6 Å². The van der Waals surface area contributed by atoms with Gasteiger partial charge in [-0.15, -0.1) is 11.8 Å². The number of nitrogens with one attached hydrogen (secondary N) is 1. The molecule has 2 rings (SSSR count). The molecule has 0 radical (unpaired) electrons. The number of rotatable bonds is 6. The van der Waals surface area contributed by atoms with Crippen LogP contribution in [0.4, 0.5) is 0 Å². The Morgan fingerprint density at radius 1 is 1.12 bits per heavy atom. The van der Waals surface area contributed by atoms with Gasteiger partial charge in [0, 0.05) is 35.3 Å². The van der Waals surface area contributed by atoms with E-state index in [4.69, 9.17) is 23.2 Å². The van der Waals surface area contributed by atoms with Crippen molar-refractivity contribution in [1.29, 1.82) is 0 Å². The predicted octanol–water partition coefficient (Wildman–Crippen LogP) is 4.10. The van der Waals surface area contributed by atoms with Crippen LogP contribution in [0.15, 0.2) is 47.4 Å². The molecule has 0 saturated carbocycles. The maximum atomic E-state index is 12.2. The molecule has 132 valence electrons. The van der Waals surface area contributed by atoms with Crippen LogP contribution >= 0.6 is 35.0 Å². The molecular weight excluding hydrogens is 379 g/mol. The molecule has 7 heteroatoms. The lowest BCUT2D eigenvalue weighted by Crippen LogP contribution is -2.36. The van der Waals surface area contributed by atoms with E-state index in [0.29, 0.717) is 21.4 Å². The molecule has 0 heterocycles. The Kier molecular flexibility index (Phi) is 7.17. The average molecular weight is 397 g/mol. The van der Waals surface area contributed by atoms with Crippen LogP contribution < -0.4 is 5.32 Å². The first-order valence-corrected chi connectivity index (χ1v) is 9.26. The van der Waals surface area contributed by atoms with E-state index >= 15 is 0 Å². The Balaban J connectivity index is 1.99. The average Bonchev–Trinajstić information content (AvgIpc) is 2.60. The van der Waals surface area contributed by atoms with E-state index in [0.717, 1.165) is 10.5 Å². The summed E-state index contributed by atoms with van der Waals surface area (Å²) in [5.41, 5.74) is 1.49. The smallest absolute Gasteiger partial charge is 0.251 e. The fourth-order valence-electron chi connectivity index (χ4n) is 1.97. The standard InChI is InChI=1S/C18H18Cl2N2O2S/c1-22(2)17(23)10-21-18(24)13-5-3-4-12(8-13)11-25-16-9-14(19)6-7-15(16)20/h3-9H,10-11H2,1-2H3,(H,21,24). The summed E-state index contributed by atoms with van der Waals surface area (Å²) in [5, 5.41) is 3.90. The van der Waals surface area contributed by atoms with Crippen LogP contribution in [0.1, 0.15) is 15.9 Å². The molecule has 0 unspecified atom stereocenters. The van der Waals surface area contributed by atoms with Crippen LogP contribution in [0.3, 0.4) is 0 Å². The third kappa shape index (κ3) is 5.96. The highest BCUT2D eigenvalue weighted by molar-refractivity contribution is 7.98. The first-order valence-electron chi connectivity index (χ1n) is 7.52. The molecule has 0 aliphatic heterocycles. The molecule has 0 aliphatic carbocycles. The molecule has 0 aliphatic rings. The van der Waals surface area contributed by atoms with Gasteiger partial charge in [0.2, 0.25) is 5.91 Å². The van der Waals surface area contributed by atoms with E-state index < -0.39 is 0 Å². The summed E-state index contributed by atoms with van der Waals surface area (Å²) >= 11 is 13.7. The quantitative estimate of drug-likeness (QED) is 0.747. The van der Waals surface area contributed by atoms with E-state index in [-0.39, 0.29) is 18.4 Å². The molecule has 0 fully saturated rings. The van der Waals surface area contributed by atoms with Gasteiger partial charge in [-0.1, -0.05) is 35.3 Å². The number of carbonyl (C=O) groups excluding carboxylic acids is 2. The highest BCUT2D eigenvalue weighted by Crippen LogP contribution is 2.32. The van der Waals surface area contributed by atoms with Crippen LogP contribution in [-0.2, 0) is 10.5 Å². The van der Waals surface area contributed by atoms with Crippen molar-refractivity contribution in [3.63, 3.8) is 0 Å². The number of thioether (sulfide) groups is 1. The summed E-state index contributed by atoms with van der Waals surface area (Å²) in [4.78, 5) is 26.0. The zero-order valence-corrected chi connectivity index (χ0v) is 16.2. The fraction of sp³-hybridized carbons (Fsp3) is 0.222. The SMILES string of the molecule is CN(C)C(=O)CNC(=O)c1cccc(CSc2cc(Cl)ccc2Cl)c1. The number of halogens is 2. The summed E-state index contributed by atoms with van der Waals surface area (Å²) in [5.74, 6) is 0.219. The lowest BCUT2D eigenvalue weighted by atomic mass is 10.1. The van der Waals surface area contributed by atoms with Gasteiger partial charge in [0.15, 0.2) is 0 Å². The van der Waals surface area contributed by atoms with E-state index in [1.807, 2.05) is 18.2 Å². The Morgan fingerprint density at radius 3 is 2.60 bits per heavy atom. The molecule has 2 aromatic carbocycles. The van der Waals surface area contributed by atoms with Crippen LogP contribution in [-0.4, -0.2) is 37.4 Å². The highest BCUT2D eigenvalue weighted by atomic mass is 35.5. The summed E-state index contributed by atoms with van der Waals surface area (Å²) in [6.07, 6.45) is 0. The molecule has 0 aromatic heterocycles. The minimum Gasteiger partial charge on any atom is -0.347 e. The second-order valence-electron chi connectivity index (χ2n) is 5.53. The number of amides is 2. The lowest BCUT2D eigenvalue weighted by Gasteiger charge is -2.11. The van der Waals surface area contributed by atoms with Gasteiger partial charge < -0.3 is 10.2 Å². The molecule has 25 heavy (non-hydrogen) atoms. The van der Waals surface area contributed by atoms with Gasteiger partial charge in [0.25, 0.3) is 5.91 Å². The summed E-state index contributed by atoms with van der Waals surface area (Å²) in [7, 11) is 3.29. The monoisotopic (exact) mass is 396 g/mol. The van der Waals surface area contributed by atoms with E-state index in [9.17, 15) is 9.59 Å². The van der Waals surface area contributed by atoms with Crippen LogP contribution in [0.25, 0.3) is 0 Å². The number of hydrogen-bond acceptors (Lipinski definition) is 3. The van der Waals surface area contributed by atoms with Crippen LogP contribution in [0.5, 0.6) is 0 Å². The first-order chi connectivity index (χ1) is 11.9. The molecule has 0 saturated heterocycles. The second-order valence-corrected chi connectivity index (χ2v) is 7.40. The molecule has 1 N–H and O–H groups in total. The lowest BCUT2D eigenvalue weighted by molar-refractivity contribution is -0.127. The van der Waals surface area contributed by atoms with Crippen molar-refractivity contribution < 1.29 is 9.59 Å². The minimum atomic E-state index is -0.275. The maximum absolute atomic E-state index is 12.2. The van der Waals surface area contributed by atoms with Crippen molar-refractivity contribution in [2.45, 2.75) is 10.6 Å². The van der Waals surface area contributed by atoms with Gasteiger partial charge in [-0.2, -0.15) is 0 Å². The predicted molar refractivity (Wildman–Crippen MR) is 103 cm³/mol. The highest BCUT2D eigenvalue weighted by Gasteiger charge is 2.10. The number of carbonyl (C=O) groups is 2. The van der Waals surface area contributed by atoms with Crippen molar-refractivity contribution in [3.8, 4) is 0 Å². The van der Waals surface area contributed by atoms with Crippen molar-refractivity contribution in [2.24, 2.45) is 0 Å². The van der Waals surface area contributed by atoms with Crippen LogP contribution in [0, 0.1) is 0 Å². The number of nitrogens with zero attached hydrogens (tertiary/aromatic N) is 1. The normalized spacial score (nSPS) is 10.4. The number of likely N-dealkylation sites (N-methyl/N-ethyl adjacent to an activating group) is 1. The topological polar surface area (TPSA) is 49.4 Å². The van der Waals surface area contributed by atoms with Crippen molar-refractivity contribution in [2.75, 3.05) is 20.6 Å². The minimum absolute atomic E-state index is 0.0249. The Labute approximate surface area is 161 Å². The zero-order chi connectivity index (χ0) is 18.4. The van der Waals surface area contributed by atoms with Gasteiger partial charge in [-0.25, -0.2) is 0 Å². The van der Waals surface area contributed by atoms with Crippen molar-refractivity contribution >= 4 is 46.8 Å². The zero-order valence-electron chi connectivity index (χ0n) is 13.9. The molecule has 2 amide bonds. The molecular formula is C18H18Cl2N2O2S. The maximum Gasteiger partial charge on any atom is 0.251 e. The molecule has 2 aromatic rings. The van der Waals surface area contributed by atoms with E-state index in [2.05, 4.69) is 5.32 Å². The molecule has 0 bridgehead atoms. The van der Waals surface area contributed by atoms with Gasteiger partial charge >= 0.3 is 0 Å². The van der Waals surface area contributed by atoms with Gasteiger partial charge in [-0.05, 0) is 35.9 Å². The second kappa shape index (κ2) is 9.13. The molecule has 0 spiro atoms. The van der Waals surface area contributed by atoms with E-state index in [1.54, 1.807) is 50.1 Å². The molecule has 0 atom stereocenters.